The molecule has 0 saturated carbocycles. The molecule has 0 radical (unpaired) electrons. The molecule has 3 nitrogen and oxygen atoms in total. The summed E-state index contributed by atoms with van der Waals surface area (Å²) in [6.07, 6.45) is 0. The number of hydrogen-bond donors (Lipinski definition) is 0. The van der Waals surface area contributed by atoms with Gasteiger partial charge in [0.25, 0.3) is 0 Å². The molecule has 2 rings (SSSR count). The Morgan fingerprint density at radius 3 is 1.17 bits per heavy atom. The van der Waals surface area contributed by atoms with E-state index >= 15 is 0 Å². The fourth-order valence-electron chi connectivity index (χ4n) is 4.86. The van der Waals surface area contributed by atoms with Gasteiger partial charge in [0, 0.05) is 40.4 Å². The summed E-state index contributed by atoms with van der Waals surface area (Å²) < 4.78 is 4.82. The average molecular weight is 730 g/mol. The Kier molecular flexibility index (Phi) is 16.5. The van der Waals surface area contributed by atoms with Gasteiger partial charge in [-0.2, -0.15) is 0 Å². The minimum absolute atomic E-state index is 0. The second kappa shape index (κ2) is 16.6. The number of hydrogen-bond acceptors (Lipinski definition) is 1. The smallest absolute Gasteiger partial charge is 0 e. The molecule has 0 heterocycles. The van der Waals surface area contributed by atoms with Crippen molar-refractivity contribution >= 4 is 33.7 Å². The van der Waals surface area contributed by atoms with E-state index in [0.717, 1.165) is 17.2 Å². The second-order valence-electron chi connectivity index (χ2n) is 15.4. The summed E-state index contributed by atoms with van der Waals surface area (Å²) in [5.74, 6) is 2.54. The molecule has 0 bridgehead atoms. The number of amidine groups is 1. The molecule has 0 aliphatic carbocycles. The summed E-state index contributed by atoms with van der Waals surface area (Å²) in [5, 5.41) is 5.32. The first-order chi connectivity index (χ1) is 18.0. The minimum atomic E-state index is -1.11. The van der Waals surface area contributed by atoms with Crippen LogP contribution in [0.1, 0.15) is 122 Å². The van der Waals surface area contributed by atoms with E-state index in [2.05, 4.69) is 152 Å². The van der Waals surface area contributed by atoms with Crippen molar-refractivity contribution in [3.8, 4) is 0 Å². The second-order valence-corrected chi connectivity index (χ2v) is 25.0. The third-order valence-electron chi connectivity index (χ3n) is 6.46. The van der Waals surface area contributed by atoms with Gasteiger partial charge in [0.2, 0.25) is 0 Å². The van der Waals surface area contributed by atoms with Crippen molar-refractivity contribution in [2.24, 2.45) is 10.4 Å². The molecule has 0 unspecified atom stereocenters. The number of benzene rings is 2. The molecule has 2 aromatic rings. The van der Waals surface area contributed by atoms with Gasteiger partial charge >= 0.3 is 0 Å². The first-order valence-electron chi connectivity index (χ1n) is 15.4. The van der Waals surface area contributed by atoms with Gasteiger partial charge in [0.05, 0.1) is 0 Å². The van der Waals surface area contributed by atoms with E-state index in [1.807, 2.05) is 0 Å². The van der Waals surface area contributed by atoms with Crippen LogP contribution in [0, 0.1) is 45.8 Å². The summed E-state index contributed by atoms with van der Waals surface area (Å²) >= 11 is 0. The minimum Gasteiger partial charge on any atom is -0.668 e. The molecule has 0 amide bonds. The van der Waals surface area contributed by atoms with Gasteiger partial charge in [0.1, 0.15) is 0 Å². The van der Waals surface area contributed by atoms with E-state index in [1.165, 1.54) is 22.3 Å². The first kappa shape index (κ1) is 40.6. The Hall–Kier alpha value is -0.359. The summed E-state index contributed by atoms with van der Waals surface area (Å²) in [4.78, 5) is 5.32. The molecule has 0 atom stereocenters. The van der Waals surface area contributed by atoms with Crippen molar-refractivity contribution in [2.75, 3.05) is 0 Å². The van der Waals surface area contributed by atoms with Crippen LogP contribution in [0.3, 0.4) is 0 Å². The monoisotopic (exact) mass is 731 g/mol. The predicted octanol–water partition coefficient (Wildman–Crippen LogP) is 13.0. The van der Waals surface area contributed by atoms with Crippen LogP contribution >= 0.6 is 0 Å². The molecule has 0 aliphatic rings. The van der Waals surface area contributed by atoms with Crippen LogP contribution < -0.4 is 0 Å². The van der Waals surface area contributed by atoms with Crippen LogP contribution in [-0.4, -0.2) is 22.3 Å². The topological polar surface area (TPSA) is 40.6 Å². The Morgan fingerprint density at radius 2 is 0.927 bits per heavy atom. The van der Waals surface area contributed by atoms with Gasteiger partial charge < -0.3 is 15.0 Å². The van der Waals surface area contributed by atoms with E-state index in [9.17, 15) is 0 Å². The molecule has 0 N–H and O–H groups in total. The molecule has 0 saturated heterocycles. The van der Waals surface area contributed by atoms with Crippen molar-refractivity contribution in [1.29, 1.82) is 0 Å². The van der Waals surface area contributed by atoms with Crippen molar-refractivity contribution < 1.29 is 40.4 Å². The molecular weight excluding hydrogens is 669 g/mol. The van der Waals surface area contributed by atoms with E-state index in [1.54, 1.807) is 0 Å². The Bertz CT molecular complexity index is 1050. The Labute approximate surface area is 289 Å². The zero-order valence-corrected chi connectivity index (χ0v) is 34.1. The predicted molar refractivity (Wildman–Crippen MR) is 189 cm³/mol. The van der Waals surface area contributed by atoms with Gasteiger partial charge in [-0.25, -0.2) is 0 Å². The SMILES string of the molecule is CC(C)c1cccc(C(C)C)c1N=C([N-]c1c(C(C)C)cccc1C(C)C)C(C)(C)C.C[Si](C)(C)[N-][Si](C)(C)C.[Sm]. The van der Waals surface area contributed by atoms with Gasteiger partial charge in [-0.15, -0.1) is 0 Å². The van der Waals surface area contributed by atoms with Gasteiger partial charge in [-0.3, -0.25) is 0 Å². The maximum atomic E-state index is 5.32. The summed E-state index contributed by atoms with van der Waals surface area (Å²) in [6, 6.07) is 13.2. The molecule has 0 fully saturated rings. The van der Waals surface area contributed by atoms with E-state index in [0.29, 0.717) is 23.7 Å². The molecule has 0 spiro atoms. The van der Waals surface area contributed by atoms with E-state index in [-0.39, 0.29) is 45.8 Å². The Morgan fingerprint density at radius 1 is 0.610 bits per heavy atom. The van der Waals surface area contributed by atoms with Gasteiger partial charge in [0.15, 0.2) is 0 Å². The van der Waals surface area contributed by atoms with E-state index in [4.69, 9.17) is 15.0 Å². The van der Waals surface area contributed by atoms with Crippen molar-refractivity contribution in [2.45, 2.75) is 139 Å². The van der Waals surface area contributed by atoms with E-state index < -0.39 is 16.5 Å². The zero-order chi connectivity index (χ0) is 31.2. The largest absolute Gasteiger partial charge is 0.668 e. The fraction of sp³-hybridized carbons (Fsp3) is 0.629. The maximum absolute atomic E-state index is 5.32. The standard InChI is InChI=1S/C29H43N2.C6H18NSi2.Sm/c1-18(2)22-14-12-15-23(19(3)4)26(22)30-28(29(9,10)11)31-27-24(20(5)6)16-13-17-25(27)21(7)8;1-8(2,3)7-9(4,5)6;/h12-21H,1-11H3;1-6H3;/q2*-1;. The fourth-order valence-corrected chi connectivity index (χ4v) is 12.9. The third-order valence-corrected chi connectivity index (χ3v) is 11.8. The van der Waals surface area contributed by atoms with Crippen LogP contribution in [0.4, 0.5) is 11.4 Å². The first-order valence-corrected chi connectivity index (χ1v) is 22.2. The Balaban J connectivity index is 0.00000138. The van der Waals surface area contributed by atoms with Crippen LogP contribution in [0.15, 0.2) is 41.4 Å². The molecule has 2 aromatic carbocycles. The van der Waals surface area contributed by atoms with Gasteiger partial charge in [-0.05, 0) is 62.7 Å². The van der Waals surface area contributed by atoms with Crippen molar-refractivity contribution in [1.82, 2.24) is 0 Å². The number of para-hydroxylation sites is 2. The maximum Gasteiger partial charge on any atom is 0 e. The summed E-state index contributed by atoms with van der Waals surface area (Å²) in [7, 11) is -2.21. The molecule has 6 heteroatoms. The number of nitrogens with zero attached hydrogens (tertiary/aromatic N) is 3. The average Bonchev–Trinajstić information content (AvgIpc) is 2.75. The molecule has 0 aliphatic heterocycles. The van der Waals surface area contributed by atoms with Gasteiger partial charge in [-0.1, -0.05) is 174 Å². The number of aliphatic imine (C=N–C) groups is 1. The van der Waals surface area contributed by atoms with Crippen LogP contribution in [0.5, 0.6) is 0 Å². The molecule has 0 aromatic heterocycles. The van der Waals surface area contributed by atoms with Crippen LogP contribution in [-0.2, 0) is 0 Å². The molecular formula is C35H61N3Si2Sm-2. The van der Waals surface area contributed by atoms with Crippen LogP contribution in [0.25, 0.3) is 9.96 Å². The van der Waals surface area contributed by atoms with Crippen LogP contribution in [0.2, 0.25) is 39.3 Å². The van der Waals surface area contributed by atoms with Crippen molar-refractivity contribution in [3.05, 3.63) is 68.6 Å². The number of rotatable bonds is 8. The summed E-state index contributed by atoms with van der Waals surface area (Å²) in [5.41, 5.74) is 7.22. The van der Waals surface area contributed by atoms with Crippen molar-refractivity contribution in [3.63, 3.8) is 0 Å². The molecule has 232 valence electrons. The quantitative estimate of drug-likeness (QED) is 0.147. The zero-order valence-electron chi connectivity index (χ0n) is 29.5. The molecule has 41 heavy (non-hydrogen) atoms. The summed E-state index contributed by atoms with van der Waals surface area (Å²) in [6.45, 7) is 38.4. The normalized spacial score (nSPS) is 13.0. The third kappa shape index (κ3) is 13.9.